The van der Waals surface area contributed by atoms with Crippen LogP contribution in [0.15, 0.2) is 83.9 Å². The zero-order chi connectivity index (χ0) is 21.2. The Morgan fingerprint density at radius 3 is 2.52 bits per heavy atom. The summed E-state index contributed by atoms with van der Waals surface area (Å²) in [7, 11) is 0. The zero-order valence-electron chi connectivity index (χ0n) is 17.2. The van der Waals surface area contributed by atoms with Crippen LogP contribution in [0.2, 0.25) is 0 Å². The fraction of sp³-hybridized carbons (Fsp3) is 0.154. The van der Waals surface area contributed by atoms with E-state index in [1.165, 1.54) is 10.8 Å². The topological polar surface area (TPSA) is 43.6 Å². The lowest BCUT2D eigenvalue weighted by atomic mass is 10.1. The van der Waals surface area contributed by atoms with Crippen molar-refractivity contribution in [2.45, 2.75) is 13.5 Å². The summed E-state index contributed by atoms with van der Waals surface area (Å²) < 4.78 is 8.83. The van der Waals surface area contributed by atoms with Crippen LogP contribution in [0.4, 0.5) is 0 Å². The summed E-state index contributed by atoms with van der Waals surface area (Å²) in [5.41, 5.74) is 1.67. The van der Waals surface area contributed by atoms with E-state index in [9.17, 15) is 4.79 Å². The van der Waals surface area contributed by atoms with Gasteiger partial charge >= 0.3 is 0 Å². The molecule has 0 atom stereocenters. The third kappa shape index (κ3) is 3.78. The Hall–Kier alpha value is -3.28. The van der Waals surface area contributed by atoms with Crippen LogP contribution < -0.4 is 4.80 Å². The first-order valence-corrected chi connectivity index (χ1v) is 11.2. The number of carbonyl (C=O) groups is 1. The van der Waals surface area contributed by atoms with Gasteiger partial charge in [-0.25, -0.2) is 0 Å². The van der Waals surface area contributed by atoms with E-state index in [0.29, 0.717) is 30.1 Å². The number of nitrogens with zero attached hydrogens (tertiary/aromatic N) is 2. The summed E-state index contributed by atoms with van der Waals surface area (Å²) in [5.74, 6) is -0.230. The van der Waals surface area contributed by atoms with Crippen molar-refractivity contribution < 1.29 is 9.53 Å². The molecule has 4 nitrogen and oxygen atoms in total. The van der Waals surface area contributed by atoms with Crippen LogP contribution in [0, 0.1) is 0 Å². The molecule has 1 aromatic heterocycles. The van der Waals surface area contributed by atoms with Gasteiger partial charge in [0, 0.05) is 24.1 Å². The Bertz CT molecular complexity index is 1480. The molecule has 31 heavy (non-hydrogen) atoms. The van der Waals surface area contributed by atoms with E-state index in [1.54, 1.807) is 11.3 Å². The second-order valence-electron chi connectivity index (χ2n) is 7.35. The van der Waals surface area contributed by atoms with Crippen LogP contribution in [-0.4, -0.2) is 23.7 Å². The van der Waals surface area contributed by atoms with Gasteiger partial charge in [-0.3, -0.25) is 4.79 Å². The molecule has 0 spiro atoms. The molecule has 1 amide bonds. The summed E-state index contributed by atoms with van der Waals surface area (Å²) in [6.07, 6.45) is 0. The van der Waals surface area contributed by atoms with E-state index < -0.39 is 0 Å². The Labute approximate surface area is 184 Å². The van der Waals surface area contributed by atoms with E-state index in [4.69, 9.17) is 4.74 Å². The SMILES string of the molecule is CCOCCn1c(=NC(=O)c2ccc3ccccc3c2)sc2c3ccccc3ccc21. The monoisotopic (exact) mass is 426 g/mol. The van der Waals surface area contributed by atoms with Crippen LogP contribution in [0.25, 0.3) is 31.8 Å². The predicted molar refractivity (Wildman–Crippen MR) is 128 cm³/mol. The minimum absolute atomic E-state index is 0.230. The third-order valence-corrected chi connectivity index (χ3v) is 6.56. The molecule has 5 heteroatoms. The minimum Gasteiger partial charge on any atom is -0.380 e. The summed E-state index contributed by atoms with van der Waals surface area (Å²) in [5, 5.41) is 4.50. The van der Waals surface area contributed by atoms with Gasteiger partial charge < -0.3 is 9.30 Å². The summed E-state index contributed by atoms with van der Waals surface area (Å²) in [6.45, 7) is 3.87. The molecule has 0 fully saturated rings. The molecule has 0 saturated heterocycles. The number of thiazole rings is 1. The van der Waals surface area contributed by atoms with Crippen molar-refractivity contribution >= 4 is 49.0 Å². The van der Waals surface area contributed by atoms with E-state index in [-0.39, 0.29) is 5.91 Å². The van der Waals surface area contributed by atoms with Crippen molar-refractivity contribution in [1.82, 2.24) is 4.57 Å². The first-order chi connectivity index (χ1) is 15.2. The van der Waals surface area contributed by atoms with E-state index in [1.807, 2.05) is 61.5 Å². The largest absolute Gasteiger partial charge is 0.380 e. The molecule has 0 aliphatic carbocycles. The van der Waals surface area contributed by atoms with Gasteiger partial charge in [0.1, 0.15) is 0 Å². The number of hydrogen-bond donors (Lipinski definition) is 0. The molecule has 0 aliphatic rings. The Kier molecular flexibility index (Phi) is 5.37. The van der Waals surface area contributed by atoms with Crippen molar-refractivity contribution in [2.24, 2.45) is 4.99 Å². The molecule has 0 saturated carbocycles. The van der Waals surface area contributed by atoms with Gasteiger partial charge in [-0.05, 0) is 41.3 Å². The maximum atomic E-state index is 13.1. The van der Waals surface area contributed by atoms with Gasteiger partial charge in [0.25, 0.3) is 5.91 Å². The van der Waals surface area contributed by atoms with Crippen molar-refractivity contribution in [3.05, 3.63) is 89.2 Å². The summed E-state index contributed by atoms with van der Waals surface area (Å²) in [4.78, 5) is 18.3. The lowest BCUT2D eigenvalue weighted by molar-refractivity contribution is 0.0997. The number of fused-ring (bicyclic) bond motifs is 4. The normalized spacial score (nSPS) is 12.2. The first-order valence-electron chi connectivity index (χ1n) is 10.4. The molecule has 5 aromatic rings. The number of hydrogen-bond acceptors (Lipinski definition) is 3. The molecular weight excluding hydrogens is 404 g/mol. The van der Waals surface area contributed by atoms with Crippen molar-refractivity contribution in [2.75, 3.05) is 13.2 Å². The highest BCUT2D eigenvalue weighted by Gasteiger charge is 2.12. The van der Waals surface area contributed by atoms with Gasteiger partial charge in [-0.2, -0.15) is 4.99 Å². The van der Waals surface area contributed by atoms with E-state index in [0.717, 1.165) is 21.0 Å². The molecule has 154 valence electrons. The van der Waals surface area contributed by atoms with Gasteiger partial charge in [-0.15, -0.1) is 0 Å². The quantitative estimate of drug-likeness (QED) is 0.334. The molecule has 1 heterocycles. The van der Waals surface area contributed by atoms with E-state index in [2.05, 4.69) is 33.8 Å². The molecule has 0 radical (unpaired) electrons. The van der Waals surface area contributed by atoms with Gasteiger partial charge in [0.05, 0.1) is 16.8 Å². The number of carbonyl (C=O) groups excluding carboxylic acids is 1. The van der Waals surface area contributed by atoms with Gasteiger partial charge in [0.15, 0.2) is 4.80 Å². The fourth-order valence-electron chi connectivity index (χ4n) is 3.87. The minimum atomic E-state index is -0.230. The zero-order valence-corrected chi connectivity index (χ0v) is 18.1. The maximum Gasteiger partial charge on any atom is 0.279 e. The first kappa shape index (κ1) is 19.7. The summed E-state index contributed by atoms with van der Waals surface area (Å²) in [6, 6.07) is 26.3. The highest BCUT2D eigenvalue weighted by atomic mass is 32.1. The lowest BCUT2D eigenvalue weighted by Gasteiger charge is -2.06. The van der Waals surface area contributed by atoms with Crippen LogP contribution in [0.3, 0.4) is 0 Å². The lowest BCUT2D eigenvalue weighted by Crippen LogP contribution is -2.19. The second-order valence-corrected chi connectivity index (χ2v) is 8.32. The highest BCUT2D eigenvalue weighted by molar-refractivity contribution is 7.17. The van der Waals surface area contributed by atoms with Crippen LogP contribution in [0.1, 0.15) is 17.3 Å². The molecule has 0 aliphatic heterocycles. The molecule has 0 N–H and O–H groups in total. The number of benzene rings is 4. The molecule has 5 rings (SSSR count). The average Bonchev–Trinajstić information content (AvgIpc) is 3.16. The molecule has 0 unspecified atom stereocenters. The number of ether oxygens (including phenoxy) is 1. The molecular formula is C26H22N2O2S. The van der Waals surface area contributed by atoms with Crippen molar-refractivity contribution in [3.63, 3.8) is 0 Å². The molecule has 0 bridgehead atoms. The Morgan fingerprint density at radius 2 is 1.68 bits per heavy atom. The number of rotatable bonds is 5. The standard InChI is InChI=1S/C26H22N2O2S/c1-2-30-16-15-28-23-14-13-19-8-5-6-10-22(19)24(23)31-26(28)27-25(29)21-12-11-18-7-3-4-9-20(18)17-21/h3-14,17H,2,15-16H2,1H3. The van der Waals surface area contributed by atoms with Crippen molar-refractivity contribution in [3.8, 4) is 0 Å². The predicted octanol–water partition coefficient (Wildman–Crippen LogP) is 5.79. The summed E-state index contributed by atoms with van der Waals surface area (Å²) >= 11 is 1.56. The van der Waals surface area contributed by atoms with Crippen LogP contribution >= 0.6 is 11.3 Å². The Balaban J connectivity index is 1.65. The maximum absolute atomic E-state index is 13.1. The van der Waals surface area contributed by atoms with Crippen molar-refractivity contribution in [1.29, 1.82) is 0 Å². The third-order valence-electron chi connectivity index (χ3n) is 5.43. The van der Waals surface area contributed by atoms with Crippen LogP contribution in [0.5, 0.6) is 0 Å². The van der Waals surface area contributed by atoms with E-state index >= 15 is 0 Å². The average molecular weight is 427 g/mol. The highest BCUT2D eigenvalue weighted by Crippen LogP contribution is 2.27. The number of aromatic nitrogens is 1. The van der Waals surface area contributed by atoms with Crippen LogP contribution in [-0.2, 0) is 11.3 Å². The Morgan fingerprint density at radius 1 is 0.935 bits per heavy atom. The smallest absolute Gasteiger partial charge is 0.279 e. The number of amides is 1. The second kappa shape index (κ2) is 8.46. The molecule has 4 aromatic carbocycles. The fourth-order valence-corrected chi connectivity index (χ4v) is 5.06. The van der Waals surface area contributed by atoms with Gasteiger partial charge in [0.2, 0.25) is 0 Å². The van der Waals surface area contributed by atoms with Gasteiger partial charge in [-0.1, -0.05) is 72.0 Å².